The van der Waals surface area contributed by atoms with Gasteiger partial charge in [0.25, 0.3) is 5.91 Å². The van der Waals surface area contributed by atoms with Gasteiger partial charge in [0.2, 0.25) is 0 Å². The summed E-state index contributed by atoms with van der Waals surface area (Å²) >= 11 is 1.66. The minimum Gasteiger partial charge on any atom is -0.493 e. The molecule has 0 aliphatic heterocycles. The Morgan fingerprint density at radius 1 is 1.19 bits per heavy atom. The Kier molecular flexibility index (Phi) is 5.58. The lowest BCUT2D eigenvalue weighted by molar-refractivity contribution is 0.0951. The van der Waals surface area contributed by atoms with Crippen LogP contribution in [0.2, 0.25) is 0 Å². The Hall–Kier alpha value is -2.80. The van der Waals surface area contributed by atoms with Crippen molar-refractivity contribution in [3.63, 3.8) is 0 Å². The molecule has 0 aliphatic rings. The number of benzene rings is 1. The van der Waals surface area contributed by atoms with E-state index in [4.69, 9.17) is 9.47 Å². The molecule has 0 saturated heterocycles. The standard InChI is InChI=1S/C19H21N3O3S/c1-13-11-15(18-5-4-10-26-18)21-22(13)9-8-20-19(23)14-6-7-16(24-2)17(12-14)25-3/h4-7,10-12H,8-9H2,1-3H3,(H,20,23). The molecule has 0 bridgehead atoms. The summed E-state index contributed by atoms with van der Waals surface area (Å²) in [5.74, 6) is 0.968. The molecule has 136 valence electrons. The van der Waals surface area contributed by atoms with Crippen LogP contribution in [0.15, 0.2) is 41.8 Å². The fraction of sp³-hybridized carbons (Fsp3) is 0.263. The molecule has 7 heteroatoms. The van der Waals surface area contributed by atoms with Gasteiger partial charge in [-0.2, -0.15) is 5.10 Å². The molecule has 1 amide bonds. The van der Waals surface area contributed by atoms with Crippen molar-refractivity contribution in [2.75, 3.05) is 20.8 Å². The molecular formula is C19H21N3O3S. The van der Waals surface area contributed by atoms with Crippen molar-refractivity contribution >= 4 is 17.2 Å². The number of nitrogens with one attached hydrogen (secondary N) is 1. The van der Waals surface area contributed by atoms with Crippen LogP contribution in [0.4, 0.5) is 0 Å². The molecule has 26 heavy (non-hydrogen) atoms. The average Bonchev–Trinajstić information content (AvgIpc) is 3.31. The maximum atomic E-state index is 12.3. The van der Waals surface area contributed by atoms with E-state index in [1.54, 1.807) is 43.8 Å². The molecule has 3 rings (SSSR count). The summed E-state index contributed by atoms with van der Waals surface area (Å²) in [5, 5.41) is 9.56. The Labute approximate surface area is 156 Å². The Morgan fingerprint density at radius 3 is 2.69 bits per heavy atom. The number of methoxy groups -OCH3 is 2. The topological polar surface area (TPSA) is 65.4 Å². The number of amides is 1. The van der Waals surface area contributed by atoms with Crippen LogP contribution in [0.3, 0.4) is 0 Å². The Bertz CT molecular complexity index is 888. The minimum atomic E-state index is -0.158. The summed E-state index contributed by atoms with van der Waals surface area (Å²) in [6.45, 7) is 3.11. The highest BCUT2D eigenvalue weighted by Crippen LogP contribution is 2.27. The summed E-state index contributed by atoms with van der Waals surface area (Å²) in [7, 11) is 3.11. The summed E-state index contributed by atoms with van der Waals surface area (Å²) in [4.78, 5) is 13.5. The highest BCUT2D eigenvalue weighted by molar-refractivity contribution is 7.13. The van der Waals surface area contributed by atoms with Gasteiger partial charge in [0, 0.05) is 17.8 Å². The molecule has 2 heterocycles. The number of aromatic nitrogens is 2. The number of hydrogen-bond donors (Lipinski definition) is 1. The van der Waals surface area contributed by atoms with Crippen LogP contribution in [0.1, 0.15) is 16.1 Å². The van der Waals surface area contributed by atoms with Crippen molar-refractivity contribution in [3.05, 3.63) is 53.0 Å². The van der Waals surface area contributed by atoms with Crippen LogP contribution in [-0.4, -0.2) is 36.5 Å². The molecule has 1 aromatic carbocycles. The van der Waals surface area contributed by atoms with Crippen LogP contribution in [0, 0.1) is 6.92 Å². The van der Waals surface area contributed by atoms with Crippen LogP contribution in [-0.2, 0) is 6.54 Å². The van der Waals surface area contributed by atoms with Crippen molar-refractivity contribution < 1.29 is 14.3 Å². The normalized spacial score (nSPS) is 10.6. The Morgan fingerprint density at radius 2 is 2.00 bits per heavy atom. The van der Waals surface area contributed by atoms with E-state index in [0.717, 1.165) is 16.3 Å². The van der Waals surface area contributed by atoms with Crippen molar-refractivity contribution in [2.45, 2.75) is 13.5 Å². The van der Waals surface area contributed by atoms with E-state index in [9.17, 15) is 4.79 Å². The van der Waals surface area contributed by atoms with E-state index in [2.05, 4.69) is 22.5 Å². The van der Waals surface area contributed by atoms with Gasteiger partial charge in [0.05, 0.1) is 25.6 Å². The minimum absolute atomic E-state index is 0.158. The second-order valence-corrected chi connectivity index (χ2v) is 6.64. The molecule has 0 aliphatic carbocycles. The largest absolute Gasteiger partial charge is 0.493 e. The quantitative estimate of drug-likeness (QED) is 0.692. The zero-order valence-corrected chi connectivity index (χ0v) is 15.8. The lowest BCUT2D eigenvalue weighted by atomic mass is 10.2. The first-order valence-corrected chi connectivity index (χ1v) is 9.09. The van der Waals surface area contributed by atoms with Crippen LogP contribution in [0.25, 0.3) is 10.6 Å². The Balaban J connectivity index is 1.61. The lowest BCUT2D eigenvalue weighted by Gasteiger charge is -2.10. The van der Waals surface area contributed by atoms with Gasteiger partial charge < -0.3 is 14.8 Å². The van der Waals surface area contributed by atoms with Gasteiger partial charge in [-0.25, -0.2) is 0 Å². The summed E-state index contributed by atoms with van der Waals surface area (Å²) < 4.78 is 12.3. The van der Waals surface area contributed by atoms with Crippen LogP contribution >= 0.6 is 11.3 Å². The predicted molar refractivity (Wildman–Crippen MR) is 102 cm³/mol. The molecule has 0 radical (unpaired) electrons. The van der Waals surface area contributed by atoms with Crippen molar-refractivity contribution in [1.29, 1.82) is 0 Å². The molecule has 3 aromatic rings. The number of nitrogens with zero attached hydrogens (tertiary/aromatic N) is 2. The fourth-order valence-corrected chi connectivity index (χ4v) is 3.32. The molecule has 0 unspecified atom stereocenters. The van der Waals surface area contributed by atoms with Gasteiger partial charge in [-0.05, 0) is 42.6 Å². The van der Waals surface area contributed by atoms with Gasteiger partial charge in [-0.15, -0.1) is 11.3 Å². The van der Waals surface area contributed by atoms with E-state index in [1.165, 1.54) is 0 Å². The van der Waals surface area contributed by atoms with Crippen LogP contribution < -0.4 is 14.8 Å². The molecule has 0 spiro atoms. The zero-order valence-electron chi connectivity index (χ0n) is 15.0. The predicted octanol–water partition coefficient (Wildman–Crippen LogP) is 3.37. The monoisotopic (exact) mass is 371 g/mol. The second kappa shape index (κ2) is 8.05. The van der Waals surface area contributed by atoms with Crippen molar-refractivity contribution in [3.8, 4) is 22.1 Å². The van der Waals surface area contributed by atoms with E-state index in [-0.39, 0.29) is 5.91 Å². The van der Waals surface area contributed by atoms with Crippen molar-refractivity contribution in [2.24, 2.45) is 0 Å². The number of carbonyl (C=O) groups excluding carboxylic acids is 1. The summed E-state index contributed by atoms with van der Waals surface area (Å²) in [6.07, 6.45) is 0. The summed E-state index contributed by atoms with van der Waals surface area (Å²) in [6, 6.07) is 11.2. The van der Waals surface area contributed by atoms with Gasteiger partial charge in [-0.3, -0.25) is 9.48 Å². The molecular weight excluding hydrogens is 350 g/mol. The smallest absolute Gasteiger partial charge is 0.251 e. The van der Waals surface area contributed by atoms with Crippen molar-refractivity contribution in [1.82, 2.24) is 15.1 Å². The molecule has 2 aromatic heterocycles. The molecule has 1 N–H and O–H groups in total. The second-order valence-electron chi connectivity index (χ2n) is 5.70. The number of thiophene rings is 1. The van der Waals surface area contributed by atoms with E-state index in [0.29, 0.717) is 30.2 Å². The van der Waals surface area contributed by atoms with Gasteiger partial charge in [-0.1, -0.05) is 6.07 Å². The fourth-order valence-electron chi connectivity index (χ4n) is 2.64. The highest BCUT2D eigenvalue weighted by Gasteiger charge is 2.11. The van der Waals surface area contributed by atoms with Crippen LogP contribution in [0.5, 0.6) is 11.5 Å². The molecule has 0 saturated carbocycles. The first-order valence-electron chi connectivity index (χ1n) is 8.21. The highest BCUT2D eigenvalue weighted by atomic mass is 32.1. The van der Waals surface area contributed by atoms with E-state index < -0.39 is 0 Å². The molecule has 0 atom stereocenters. The van der Waals surface area contributed by atoms with Gasteiger partial charge in [0.1, 0.15) is 5.69 Å². The third-order valence-corrected chi connectivity index (χ3v) is 4.90. The lowest BCUT2D eigenvalue weighted by Crippen LogP contribution is -2.27. The number of carbonyl (C=O) groups is 1. The van der Waals surface area contributed by atoms with E-state index >= 15 is 0 Å². The first kappa shape index (κ1) is 18.0. The third kappa shape index (κ3) is 3.88. The zero-order chi connectivity index (χ0) is 18.5. The molecule has 6 nitrogen and oxygen atoms in total. The maximum absolute atomic E-state index is 12.3. The van der Waals surface area contributed by atoms with Gasteiger partial charge >= 0.3 is 0 Å². The maximum Gasteiger partial charge on any atom is 0.251 e. The number of hydrogen-bond acceptors (Lipinski definition) is 5. The number of rotatable bonds is 7. The van der Waals surface area contributed by atoms with E-state index in [1.807, 2.05) is 23.1 Å². The molecule has 0 fully saturated rings. The van der Waals surface area contributed by atoms with Gasteiger partial charge in [0.15, 0.2) is 11.5 Å². The number of ether oxygens (including phenoxy) is 2. The SMILES string of the molecule is COc1ccc(C(=O)NCCn2nc(-c3cccs3)cc2C)cc1OC. The summed E-state index contributed by atoms with van der Waals surface area (Å²) in [5.41, 5.74) is 2.55. The first-order chi connectivity index (χ1) is 12.6. The average molecular weight is 371 g/mol. The third-order valence-electron chi connectivity index (χ3n) is 4.01. The number of aryl methyl sites for hydroxylation is 1.